The van der Waals surface area contributed by atoms with Crippen molar-refractivity contribution in [1.82, 2.24) is 10.2 Å². The molecule has 0 aliphatic heterocycles. The van der Waals surface area contributed by atoms with Gasteiger partial charge in [-0.05, 0) is 31.8 Å². The number of anilines is 1. The van der Waals surface area contributed by atoms with E-state index in [2.05, 4.69) is 17.2 Å². The van der Waals surface area contributed by atoms with Crippen molar-refractivity contribution in [1.29, 1.82) is 0 Å². The van der Waals surface area contributed by atoms with Crippen LogP contribution in [0, 0.1) is 0 Å². The van der Waals surface area contributed by atoms with Crippen LogP contribution in [0.5, 0.6) is 0 Å². The molecule has 4 nitrogen and oxygen atoms in total. The van der Waals surface area contributed by atoms with Gasteiger partial charge in [0, 0.05) is 31.4 Å². The number of nitrogens with zero attached hydrogens (tertiary/aromatic N) is 1. The summed E-state index contributed by atoms with van der Waals surface area (Å²) in [5, 5.41) is 5.87. The Morgan fingerprint density at radius 3 is 2.72 bits per heavy atom. The van der Waals surface area contributed by atoms with Crippen molar-refractivity contribution in [2.75, 3.05) is 33.0 Å². The van der Waals surface area contributed by atoms with Crippen molar-refractivity contribution in [2.24, 2.45) is 0 Å². The van der Waals surface area contributed by atoms with Crippen molar-refractivity contribution >= 4 is 17.3 Å². The largest absolute Gasteiger partial charge is 0.388 e. The molecule has 1 rings (SSSR count). The molecule has 18 heavy (non-hydrogen) atoms. The van der Waals surface area contributed by atoms with Crippen molar-refractivity contribution in [3.8, 4) is 0 Å². The van der Waals surface area contributed by atoms with Crippen LogP contribution in [0.1, 0.15) is 12.0 Å². The monoisotopic (exact) mass is 247 g/mol. The lowest BCUT2D eigenvalue weighted by Gasteiger charge is -2.11. The number of nitrogens with one attached hydrogen (secondary N) is 2. The molecule has 98 valence electrons. The number of carbonyl (C=O) groups is 1. The van der Waals surface area contributed by atoms with Gasteiger partial charge in [0.15, 0.2) is 0 Å². The van der Waals surface area contributed by atoms with Gasteiger partial charge in [-0.3, -0.25) is 4.79 Å². The lowest BCUT2D eigenvalue weighted by molar-refractivity contribution is -0.116. The highest BCUT2D eigenvalue weighted by Crippen LogP contribution is 2.15. The Hall–Kier alpha value is -1.81. The van der Waals surface area contributed by atoms with Crippen LogP contribution in [0.2, 0.25) is 0 Å². The lowest BCUT2D eigenvalue weighted by atomic mass is 10.1. The van der Waals surface area contributed by atoms with Crippen LogP contribution in [-0.2, 0) is 4.79 Å². The molecule has 0 spiro atoms. The smallest absolute Gasteiger partial charge is 0.225 e. The molecule has 0 aliphatic carbocycles. The van der Waals surface area contributed by atoms with Gasteiger partial charge >= 0.3 is 0 Å². The first-order valence-corrected chi connectivity index (χ1v) is 5.94. The van der Waals surface area contributed by atoms with Crippen molar-refractivity contribution in [3.63, 3.8) is 0 Å². The first-order valence-electron chi connectivity index (χ1n) is 5.94. The molecule has 0 saturated heterocycles. The molecule has 1 amide bonds. The Labute approximate surface area is 109 Å². The predicted octanol–water partition coefficient (Wildman–Crippen LogP) is 1.77. The fourth-order valence-corrected chi connectivity index (χ4v) is 1.48. The summed E-state index contributed by atoms with van der Waals surface area (Å²) in [7, 11) is 5.72. The molecule has 4 heteroatoms. The normalized spacial score (nSPS) is 10.2. The summed E-state index contributed by atoms with van der Waals surface area (Å²) in [6.45, 7) is 4.64. The van der Waals surface area contributed by atoms with E-state index in [0.717, 1.165) is 23.5 Å². The maximum absolute atomic E-state index is 11.7. The van der Waals surface area contributed by atoms with Gasteiger partial charge in [0.25, 0.3) is 0 Å². The highest BCUT2D eigenvalue weighted by molar-refractivity contribution is 5.91. The van der Waals surface area contributed by atoms with Crippen LogP contribution in [0.15, 0.2) is 30.8 Å². The maximum atomic E-state index is 11.7. The van der Waals surface area contributed by atoms with E-state index in [-0.39, 0.29) is 5.91 Å². The maximum Gasteiger partial charge on any atom is 0.225 e. The molecule has 2 N–H and O–H groups in total. The molecule has 0 fully saturated rings. The molecular weight excluding hydrogens is 226 g/mol. The van der Waals surface area contributed by atoms with Gasteiger partial charge in [-0.1, -0.05) is 18.7 Å². The highest BCUT2D eigenvalue weighted by Gasteiger charge is 2.04. The molecule has 0 aromatic heterocycles. The van der Waals surface area contributed by atoms with Crippen LogP contribution in [0.3, 0.4) is 0 Å². The zero-order valence-electron chi connectivity index (χ0n) is 11.3. The van der Waals surface area contributed by atoms with E-state index in [9.17, 15) is 4.79 Å². The topological polar surface area (TPSA) is 44.4 Å². The van der Waals surface area contributed by atoms with Crippen molar-refractivity contribution < 1.29 is 4.79 Å². The summed E-state index contributed by atoms with van der Waals surface area (Å²) in [6.07, 6.45) is 0.490. The SMILES string of the molecule is C=C(NC)c1cccc(NC(=O)CCN(C)C)c1. The third-order valence-electron chi connectivity index (χ3n) is 2.58. The molecule has 0 heterocycles. The van der Waals surface area contributed by atoms with E-state index < -0.39 is 0 Å². The van der Waals surface area contributed by atoms with Crippen LogP contribution >= 0.6 is 0 Å². The van der Waals surface area contributed by atoms with Crippen molar-refractivity contribution in [2.45, 2.75) is 6.42 Å². The summed E-state index contributed by atoms with van der Waals surface area (Å²) in [4.78, 5) is 13.7. The Balaban J connectivity index is 2.62. The average Bonchev–Trinajstić information content (AvgIpc) is 2.35. The summed E-state index contributed by atoms with van der Waals surface area (Å²) >= 11 is 0. The quantitative estimate of drug-likeness (QED) is 0.805. The van der Waals surface area contributed by atoms with Crippen LogP contribution in [-0.4, -0.2) is 38.5 Å². The molecular formula is C14H21N3O. The van der Waals surface area contributed by atoms with E-state index >= 15 is 0 Å². The number of amides is 1. The standard InChI is InChI=1S/C14H21N3O/c1-11(15-2)12-6-5-7-13(10-12)16-14(18)8-9-17(3)4/h5-7,10,15H,1,8-9H2,2-4H3,(H,16,18). The third-order valence-corrected chi connectivity index (χ3v) is 2.58. The lowest BCUT2D eigenvalue weighted by Crippen LogP contribution is -2.20. The Kier molecular flexibility index (Phi) is 5.39. The first-order chi connectivity index (χ1) is 8.52. The third kappa shape index (κ3) is 4.59. The molecule has 0 bridgehead atoms. The number of carbonyl (C=O) groups excluding carboxylic acids is 1. The second-order valence-electron chi connectivity index (χ2n) is 4.41. The summed E-state index contributed by atoms with van der Waals surface area (Å²) in [6, 6.07) is 7.64. The summed E-state index contributed by atoms with van der Waals surface area (Å²) in [5.74, 6) is 0.0240. The average molecular weight is 247 g/mol. The minimum absolute atomic E-state index is 0.0240. The highest BCUT2D eigenvalue weighted by atomic mass is 16.1. The Morgan fingerprint density at radius 2 is 2.11 bits per heavy atom. The van der Waals surface area contributed by atoms with Crippen LogP contribution < -0.4 is 10.6 Å². The molecule has 0 atom stereocenters. The second kappa shape index (κ2) is 6.81. The molecule has 0 unspecified atom stereocenters. The molecule has 1 aromatic rings. The van der Waals surface area contributed by atoms with Gasteiger partial charge in [0.2, 0.25) is 5.91 Å². The number of hydrogen-bond acceptors (Lipinski definition) is 3. The molecule has 0 aliphatic rings. The van der Waals surface area contributed by atoms with Crippen LogP contribution in [0.25, 0.3) is 5.70 Å². The van der Waals surface area contributed by atoms with E-state index in [1.807, 2.05) is 50.3 Å². The molecule has 1 aromatic carbocycles. The van der Waals surface area contributed by atoms with Crippen LogP contribution in [0.4, 0.5) is 5.69 Å². The Morgan fingerprint density at radius 1 is 1.39 bits per heavy atom. The van der Waals surface area contributed by atoms with Gasteiger partial charge in [-0.25, -0.2) is 0 Å². The minimum atomic E-state index is 0.0240. The first kappa shape index (κ1) is 14.3. The fraction of sp³-hybridized carbons (Fsp3) is 0.357. The van der Waals surface area contributed by atoms with E-state index in [1.165, 1.54) is 0 Å². The molecule has 0 radical (unpaired) electrons. The van der Waals surface area contributed by atoms with E-state index in [0.29, 0.717) is 6.42 Å². The van der Waals surface area contributed by atoms with Gasteiger partial charge in [0.05, 0.1) is 0 Å². The minimum Gasteiger partial charge on any atom is -0.388 e. The van der Waals surface area contributed by atoms with E-state index in [4.69, 9.17) is 0 Å². The van der Waals surface area contributed by atoms with Gasteiger partial charge in [-0.2, -0.15) is 0 Å². The zero-order chi connectivity index (χ0) is 13.5. The second-order valence-corrected chi connectivity index (χ2v) is 4.41. The number of rotatable bonds is 6. The zero-order valence-corrected chi connectivity index (χ0v) is 11.3. The number of hydrogen-bond donors (Lipinski definition) is 2. The predicted molar refractivity (Wildman–Crippen MR) is 76.3 cm³/mol. The summed E-state index contributed by atoms with van der Waals surface area (Å²) in [5.41, 5.74) is 2.61. The van der Waals surface area contributed by atoms with Gasteiger partial charge in [0.1, 0.15) is 0 Å². The number of benzene rings is 1. The van der Waals surface area contributed by atoms with E-state index in [1.54, 1.807) is 0 Å². The fourth-order valence-electron chi connectivity index (χ4n) is 1.48. The molecule has 0 saturated carbocycles. The van der Waals surface area contributed by atoms with Gasteiger partial charge < -0.3 is 15.5 Å². The van der Waals surface area contributed by atoms with Gasteiger partial charge in [-0.15, -0.1) is 0 Å². The summed E-state index contributed by atoms with van der Waals surface area (Å²) < 4.78 is 0. The van der Waals surface area contributed by atoms with Crippen molar-refractivity contribution in [3.05, 3.63) is 36.4 Å². The Bertz CT molecular complexity index is 427.